The van der Waals surface area contributed by atoms with Gasteiger partial charge in [0.25, 0.3) is 5.91 Å². The Labute approximate surface area is 166 Å². The molecule has 146 valence electrons. The van der Waals surface area contributed by atoms with Crippen molar-refractivity contribution in [2.24, 2.45) is 5.73 Å². The molecule has 0 saturated carbocycles. The van der Waals surface area contributed by atoms with Gasteiger partial charge in [-0.1, -0.05) is 0 Å². The zero-order chi connectivity index (χ0) is 18.4. The molecule has 0 aliphatic carbocycles. The molecule has 7 heteroatoms. The number of hydrogen-bond donors (Lipinski definition) is 2. The third kappa shape index (κ3) is 5.89. The van der Waals surface area contributed by atoms with Crippen LogP contribution in [-0.4, -0.2) is 47.4 Å². The topological polar surface area (TPSA) is 75.4 Å². The molecule has 1 heterocycles. The zero-order valence-electron chi connectivity index (χ0n) is 15.8. The molecule has 0 spiro atoms. The number of amides is 2. The number of nitrogens with zero attached hydrogens (tertiary/aromatic N) is 1. The molecule has 5 nitrogen and oxygen atoms in total. The van der Waals surface area contributed by atoms with E-state index in [2.05, 4.69) is 12.2 Å². The molecule has 2 amide bonds. The summed E-state index contributed by atoms with van der Waals surface area (Å²) in [7, 11) is 0. The van der Waals surface area contributed by atoms with Gasteiger partial charge in [0.05, 0.1) is 6.04 Å². The minimum atomic E-state index is -0.512. The first-order chi connectivity index (χ1) is 11.9. The van der Waals surface area contributed by atoms with Gasteiger partial charge in [-0.2, -0.15) is 11.8 Å². The Hall–Kier alpha value is -1.24. The maximum Gasteiger partial charge on any atom is 0.254 e. The highest BCUT2D eigenvalue weighted by Crippen LogP contribution is 2.22. The van der Waals surface area contributed by atoms with Gasteiger partial charge in [-0.25, -0.2) is 0 Å². The van der Waals surface area contributed by atoms with Gasteiger partial charge in [-0.15, -0.1) is 12.4 Å². The predicted molar refractivity (Wildman–Crippen MR) is 112 cm³/mol. The third-order valence-corrected chi connectivity index (χ3v) is 5.41. The number of nitrogens with one attached hydrogen (secondary N) is 1. The average Bonchev–Trinajstić information content (AvgIpc) is 2.61. The SMILES string of the molecule is CSCC[C@H](N)C(=O)Nc1ccc(C(=O)N2CCCCC2C)cc1C.Cl. The molecule has 1 aromatic carbocycles. The molecule has 1 unspecified atom stereocenters. The average molecular weight is 400 g/mol. The van der Waals surface area contributed by atoms with Crippen LogP contribution in [-0.2, 0) is 4.79 Å². The van der Waals surface area contributed by atoms with E-state index in [1.54, 1.807) is 23.9 Å². The van der Waals surface area contributed by atoms with E-state index in [0.29, 0.717) is 17.7 Å². The van der Waals surface area contributed by atoms with E-state index >= 15 is 0 Å². The second-order valence-electron chi connectivity index (χ2n) is 6.75. The Morgan fingerprint density at radius 3 is 2.73 bits per heavy atom. The monoisotopic (exact) mass is 399 g/mol. The van der Waals surface area contributed by atoms with Crippen LogP contribution in [0, 0.1) is 6.92 Å². The summed E-state index contributed by atoms with van der Waals surface area (Å²) in [5.41, 5.74) is 8.17. The highest BCUT2D eigenvalue weighted by molar-refractivity contribution is 7.98. The molecular formula is C19H30ClN3O2S. The summed E-state index contributed by atoms with van der Waals surface area (Å²) >= 11 is 1.67. The van der Waals surface area contributed by atoms with Crippen molar-refractivity contribution in [2.75, 3.05) is 23.9 Å². The minimum Gasteiger partial charge on any atom is -0.336 e. The number of carbonyl (C=O) groups excluding carboxylic acids is 2. The zero-order valence-corrected chi connectivity index (χ0v) is 17.4. The van der Waals surface area contributed by atoms with Gasteiger partial charge in [-0.05, 0) is 75.3 Å². The number of carbonyl (C=O) groups is 2. The molecule has 1 saturated heterocycles. The van der Waals surface area contributed by atoms with Crippen LogP contribution in [0.5, 0.6) is 0 Å². The van der Waals surface area contributed by atoms with Crippen molar-refractivity contribution in [1.82, 2.24) is 4.90 Å². The number of likely N-dealkylation sites (tertiary alicyclic amines) is 1. The van der Waals surface area contributed by atoms with Gasteiger partial charge in [0.15, 0.2) is 0 Å². The fourth-order valence-corrected chi connectivity index (χ4v) is 3.59. The normalized spacial score (nSPS) is 18.0. The number of thioether (sulfide) groups is 1. The van der Waals surface area contributed by atoms with Crippen LogP contribution in [0.25, 0.3) is 0 Å². The molecule has 2 rings (SSSR count). The highest BCUT2D eigenvalue weighted by atomic mass is 35.5. The van der Waals surface area contributed by atoms with Crippen molar-refractivity contribution in [3.63, 3.8) is 0 Å². The molecule has 3 N–H and O–H groups in total. The lowest BCUT2D eigenvalue weighted by molar-refractivity contribution is -0.117. The third-order valence-electron chi connectivity index (χ3n) is 4.76. The molecule has 0 radical (unpaired) electrons. The van der Waals surface area contributed by atoms with Gasteiger partial charge in [0.2, 0.25) is 5.91 Å². The fourth-order valence-electron chi connectivity index (χ4n) is 3.10. The molecule has 0 bridgehead atoms. The number of piperidine rings is 1. The van der Waals surface area contributed by atoms with Gasteiger partial charge in [0.1, 0.15) is 0 Å². The standard InChI is InChI=1S/C19H29N3O2S.ClH/c1-13-12-15(19(24)22-10-5-4-6-14(22)2)7-8-17(13)21-18(23)16(20)9-11-25-3;/h7-8,12,14,16H,4-6,9-11,20H2,1-3H3,(H,21,23);1H/t14?,16-;/m0./s1. The van der Waals surface area contributed by atoms with Crippen molar-refractivity contribution in [2.45, 2.75) is 51.6 Å². The lowest BCUT2D eigenvalue weighted by atomic mass is 10.0. The van der Waals surface area contributed by atoms with Crippen LogP contribution in [0.4, 0.5) is 5.69 Å². The number of halogens is 1. The molecule has 0 aromatic heterocycles. The molecule has 1 fully saturated rings. The summed E-state index contributed by atoms with van der Waals surface area (Å²) in [5, 5.41) is 2.88. The largest absolute Gasteiger partial charge is 0.336 e. The maximum atomic E-state index is 12.7. The minimum absolute atomic E-state index is 0. The summed E-state index contributed by atoms with van der Waals surface area (Å²) in [6.45, 7) is 4.83. The lowest BCUT2D eigenvalue weighted by Gasteiger charge is -2.33. The highest BCUT2D eigenvalue weighted by Gasteiger charge is 2.24. The van der Waals surface area contributed by atoms with E-state index in [-0.39, 0.29) is 30.3 Å². The number of anilines is 1. The van der Waals surface area contributed by atoms with Crippen LogP contribution in [0.3, 0.4) is 0 Å². The number of benzene rings is 1. The number of nitrogens with two attached hydrogens (primary N) is 1. The van der Waals surface area contributed by atoms with Crippen molar-refractivity contribution >= 4 is 41.7 Å². The smallest absolute Gasteiger partial charge is 0.254 e. The number of rotatable bonds is 6. The van der Waals surface area contributed by atoms with E-state index in [1.165, 1.54) is 6.42 Å². The summed E-state index contributed by atoms with van der Waals surface area (Å²) in [6.07, 6.45) is 5.96. The Bertz CT molecular complexity index is 627. The lowest BCUT2D eigenvalue weighted by Crippen LogP contribution is -2.42. The van der Waals surface area contributed by atoms with Crippen molar-refractivity contribution in [3.8, 4) is 0 Å². The van der Waals surface area contributed by atoms with Crippen molar-refractivity contribution in [3.05, 3.63) is 29.3 Å². The second-order valence-corrected chi connectivity index (χ2v) is 7.74. The molecule has 2 atom stereocenters. The van der Waals surface area contributed by atoms with Gasteiger partial charge in [0, 0.05) is 23.8 Å². The number of hydrogen-bond acceptors (Lipinski definition) is 4. The maximum absolute atomic E-state index is 12.7. The Kier molecular flexibility index (Phi) is 9.47. The molecule has 26 heavy (non-hydrogen) atoms. The van der Waals surface area contributed by atoms with Crippen LogP contribution in [0.2, 0.25) is 0 Å². The first-order valence-corrected chi connectivity index (χ1v) is 10.3. The van der Waals surface area contributed by atoms with E-state index in [1.807, 2.05) is 24.1 Å². The quantitative estimate of drug-likeness (QED) is 0.768. The van der Waals surface area contributed by atoms with Gasteiger partial charge >= 0.3 is 0 Å². The van der Waals surface area contributed by atoms with Crippen LogP contribution >= 0.6 is 24.2 Å². The van der Waals surface area contributed by atoms with Crippen molar-refractivity contribution in [1.29, 1.82) is 0 Å². The summed E-state index contributed by atoms with van der Waals surface area (Å²) in [5.74, 6) is 0.750. The summed E-state index contributed by atoms with van der Waals surface area (Å²) in [4.78, 5) is 26.9. The van der Waals surface area contributed by atoms with E-state index in [4.69, 9.17) is 5.73 Å². The van der Waals surface area contributed by atoms with E-state index < -0.39 is 6.04 Å². The van der Waals surface area contributed by atoms with Crippen LogP contribution in [0.15, 0.2) is 18.2 Å². The van der Waals surface area contributed by atoms with Crippen molar-refractivity contribution < 1.29 is 9.59 Å². The summed E-state index contributed by atoms with van der Waals surface area (Å²) < 4.78 is 0. The molecule has 1 aliphatic rings. The van der Waals surface area contributed by atoms with Gasteiger partial charge in [-0.3, -0.25) is 9.59 Å². The fraction of sp³-hybridized carbons (Fsp3) is 0.579. The number of aryl methyl sites for hydroxylation is 1. The van der Waals surface area contributed by atoms with Gasteiger partial charge < -0.3 is 16.0 Å². The first-order valence-electron chi connectivity index (χ1n) is 8.91. The van der Waals surface area contributed by atoms with E-state index in [9.17, 15) is 9.59 Å². The first kappa shape index (κ1) is 22.8. The Morgan fingerprint density at radius 1 is 1.38 bits per heavy atom. The Morgan fingerprint density at radius 2 is 2.12 bits per heavy atom. The molecule has 1 aliphatic heterocycles. The molecular weight excluding hydrogens is 370 g/mol. The predicted octanol–water partition coefficient (Wildman–Crippen LogP) is 3.45. The molecule has 1 aromatic rings. The Balaban J connectivity index is 0.00000338. The van der Waals surface area contributed by atoms with Crippen LogP contribution in [0.1, 0.15) is 48.5 Å². The van der Waals surface area contributed by atoms with Crippen LogP contribution < -0.4 is 11.1 Å². The van der Waals surface area contributed by atoms with E-state index in [0.717, 1.165) is 30.7 Å². The second kappa shape index (κ2) is 10.8. The summed E-state index contributed by atoms with van der Waals surface area (Å²) in [6, 6.07) is 5.22.